The van der Waals surface area contributed by atoms with E-state index < -0.39 is 0 Å². The van der Waals surface area contributed by atoms with Crippen molar-refractivity contribution < 1.29 is 4.74 Å². The van der Waals surface area contributed by atoms with E-state index in [0.29, 0.717) is 12.1 Å². The molecule has 7 heteroatoms. The van der Waals surface area contributed by atoms with E-state index in [1.54, 1.807) is 20.4 Å². The van der Waals surface area contributed by atoms with Crippen LogP contribution in [0.4, 0.5) is 5.69 Å². The predicted molar refractivity (Wildman–Crippen MR) is 97.4 cm³/mol. The Balaban J connectivity index is 1.47. The normalized spacial score (nSPS) is 22.6. The molecular weight excluding hydrogens is 340 g/mol. The molecule has 6 nitrogen and oxygen atoms in total. The van der Waals surface area contributed by atoms with Crippen LogP contribution in [-0.4, -0.2) is 47.0 Å². The number of methoxy groups -OCH3 is 1. The summed E-state index contributed by atoms with van der Waals surface area (Å²) in [6.45, 7) is 2.66. The Morgan fingerprint density at radius 3 is 2.80 bits per heavy atom. The van der Waals surface area contributed by atoms with Crippen LogP contribution in [-0.2, 0) is 13.6 Å². The largest absolute Gasteiger partial charge is 0.497 e. The third-order valence-corrected chi connectivity index (χ3v) is 5.60. The van der Waals surface area contributed by atoms with Crippen molar-refractivity contribution in [3.8, 4) is 5.75 Å². The molecule has 2 atom stereocenters. The van der Waals surface area contributed by atoms with E-state index in [1.165, 1.54) is 16.7 Å². The van der Waals surface area contributed by atoms with Crippen LogP contribution in [0, 0.1) is 0 Å². The monoisotopic (exact) mass is 360 g/mol. The number of fused-ring (bicyclic) bond motifs is 2. The first-order chi connectivity index (χ1) is 12.1. The molecule has 132 valence electrons. The van der Waals surface area contributed by atoms with Gasteiger partial charge in [-0.05, 0) is 24.1 Å². The molecule has 3 fully saturated rings. The van der Waals surface area contributed by atoms with Crippen molar-refractivity contribution >= 4 is 17.3 Å². The van der Waals surface area contributed by atoms with E-state index in [-0.39, 0.29) is 10.6 Å². The van der Waals surface area contributed by atoms with E-state index in [4.69, 9.17) is 16.3 Å². The fraction of sp³-hybridized carbons (Fsp3) is 0.444. The van der Waals surface area contributed by atoms with Crippen LogP contribution in [0.5, 0.6) is 5.75 Å². The van der Waals surface area contributed by atoms with Crippen molar-refractivity contribution in [2.24, 2.45) is 7.05 Å². The molecule has 0 saturated carbocycles. The fourth-order valence-electron chi connectivity index (χ4n) is 3.85. The highest BCUT2D eigenvalue weighted by atomic mass is 35.5. The van der Waals surface area contributed by atoms with Crippen LogP contribution in [0.15, 0.2) is 35.3 Å². The molecule has 0 N–H and O–H groups in total. The minimum absolute atomic E-state index is 0.244. The Morgan fingerprint density at radius 2 is 2.08 bits per heavy atom. The second-order valence-electron chi connectivity index (χ2n) is 6.74. The van der Waals surface area contributed by atoms with Gasteiger partial charge in [0.05, 0.1) is 19.0 Å². The number of halogens is 1. The molecular formula is C18H21ClN4O2. The molecule has 0 radical (unpaired) electrons. The van der Waals surface area contributed by atoms with Gasteiger partial charge in [-0.2, -0.15) is 5.10 Å². The number of ether oxygens (including phenoxy) is 1. The van der Waals surface area contributed by atoms with Crippen LogP contribution in [0.25, 0.3) is 0 Å². The van der Waals surface area contributed by atoms with Crippen LogP contribution >= 0.6 is 11.6 Å². The highest BCUT2D eigenvalue weighted by Gasteiger charge is 2.44. The van der Waals surface area contributed by atoms with Gasteiger partial charge in [0.25, 0.3) is 5.56 Å². The van der Waals surface area contributed by atoms with Crippen LogP contribution in [0.1, 0.15) is 12.0 Å². The zero-order chi connectivity index (χ0) is 17.6. The molecule has 25 heavy (non-hydrogen) atoms. The number of rotatable bonds is 4. The number of piperazine rings is 1. The maximum atomic E-state index is 12.0. The number of nitrogens with zero attached hydrogens (tertiary/aromatic N) is 4. The molecule has 2 bridgehead atoms. The number of benzene rings is 1. The Bertz CT molecular complexity index is 841. The van der Waals surface area contributed by atoms with Gasteiger partial charge in [-0.15, -0.1) is 0 Å². The van der Waals surface area contributed by atoms with E-state index in [9.17, 15) is 4.79 Å². The van der Waals surface area contributed by atoms with Crippen molar-refractivity contribution in [3.63, 3.8) is 0 Å². The summed E-state index contributed by atoms with van der Waals surface area (Å²) >= 11 is 6.25. The maximum Gasteiger partial charge on any atom is 0.287 e. The lowest BCUT2D eigenvalue weighted by atomic mass is 9.86. The van der Waals surface area contributed by atoms with Gasteiger partial charge in [-0.25, -0.2) is 4.68 Å². The van der Waals surface area contributed by atoms with Gasteiger partial charge >= 0.3 is 0 Å². The number of hydrogen-bond donors (Lipinski definition) is 0. The molecule has 0 aliphatic carbocycles. The standard InChI is InChI=1S/C18H21ClN4O2/c1-21-18(24)17(19)16(8-20-21)22-10-13-7-14(11-22)23(13)9-12-4-3-5-15(6-12)25-2/h3-6,8,13-14H,7,9-11H2,1-2H3. The second kappa shape index (κ2) is 6.35. The topological polar surface area (TPSA) is 50.6 Å². The molecule has 0 amide bonds. The summed E-state index contributed by atoms with van der Waals surface area (Å²) in [5.74, 6) is 0.891. The molecule has 5 rings (SSSR count). The average molecular weight is 361 g/mol. The highest BCUT2D eigenvalue weighted by Crippen LogP contribution is 2.37. The molecule has 3 saturated heterocycles. The number of piperidine rings is 1. The number of anilines is 1. The smallest absolute Gasteiger partial charge is 0.287 e. The zero-order valence-corrected chi connectivity index (χ0v) is 15.1. The summed E-state index contributed by atoms with van der Waals surface area (Å²) in [6, 6.07) is 9.17. The molecule has 3 aliphatic rings. The summed E-state index contributed by atoms with van der Waals surface area (Å²) in [5, 5.41) is 4.37. The van der Waals surface area contributed by atoms with Crippen LogP contribution < -0.4 is 15.2 Å². The molecule has 1 aromatic carbocycles. The van der Waals surface area contributed by atoms with E-state index in [1.807, 2.05) is 12.1 Å². The van der Waals surface area contributed by atoms with Crippen molar-refractivity contribution in [3.05, 3.63) is 51.4 Å². The number of aryl methyl sites for hydroxylation is 1. The van der Waals surface area contributed by atoms with Gasteiger partial charge in [0.1, 0.15) is 10.8 Å². The van der Waals surface area contributed by atoms with Crippen molar-refractivity contribution in [2.45, 2.75) is 25.0 Å². The molecule has 4 heterocycles. The minimum Gasteiger partial charge on any atom is -0.497 e. The maximum absolute atomic E-state index is 12.0. The van der Waals surface area contributed by atoms with Gasteiger partial charge in [0, 0.05) is 38.8 Å². The first-order valence-electron chi connectivity index (χ1n) is 8.42. The lowest BCUT2D eigenvalue weighted by Crippen LogP contribution is -2.68. The SMILES string of the molecule is COc1cccc(CN2C3CC2CN(c2cnn(C)c(=O)c2Cl)C3)c1. The van der Waals surface area contributed by atoms with E-state index in [2.05, 4.69) is 27.0 Å². The molecule has 0 spiro atoms. The predicted octanol–water partition coefficient (Wildman–Crippen LogP) is 1.91. The van der Waals surface area contributed by atoms with Gasteiger partial charge < -0.3 is 9.64 Å². The fourth-order valence-corrected chi connectivity index (χ4v) is 4.14. The lowest BCUT2D eigenvalue weighted by molar-refractivity contribution is -0.00849. The van der Waals surface area contributed by atoms with E-state index in [0.717, 1.165) is 31.1 Å². The molecule has 1 aromatic heterocycles. The van der Waals surface area contributed by atoms with Crippen molar-refractivity contribution in [1.82, 2.24) is 14.7 Å². The molecule has 2 unspecified atom stereocenters. The number of hydrogen-bond acceptors (Lipinski definition) is 5. The summed E-state index contributed by atoms with van der Waals surface area (Å²) in [4.78, 5) is 16.7. The number of aromatic nitrogens is 2. The molecule has 2 aromatic rings. The van der Waals surface area contributed by atoms with Gasteiger partial charge in [-0.3, -0.25) is 9.69 Å². The van der Waals surface area contributed by atoms with Crippen LogP contribution in [0.3, 0.4) is 0 Å². The lowest BCUT2D eigenvalue weighted by Gasteiger charge is -2.57. The van der Waals surface area contributed by atoms with Gasteiger partial charge in [0.2, 0.25) is 0 Å². The average Bonchev–Trinajstić information content (AvgIpc) is 2.64. The first-order valence-corrected chi connectivity index (χ1v) is 8.80. The third kappa shape index (κ3) is 2.89. The second-order valence-corrected chi connectivity index (χ2v) is 7.12. The quantitative estimate of drug-likeness (QED) is 0.833. The summed E-state index contributed by atoms with van der Waals surface area (Å²) in [5.41, 5.74) is 1.77. The Morgan fingerprint density at radius 1 is 1.32 bits per heavy atom. The summed E-state index contributed by atoms with van der Waals surface area (Å²) in [6.07, 6.45) is 2.89. The van der Waals surface area contributed by atoms with Gasteiger partial charge in [0.15, 0.2) is 0 Å². The van der Waals surface area contributed by atoms with Crippen molar-refractivity contribution in [1.29, 1.82) is 0 Å². The summed E-state index contributed by atoms with van der Waals surface area (Å²) < 4.78 is 6.58. The summed E-state index contributed by atoms with van der Waals surface area (Å²) in [7, 11) is 3.30. The minimum atomic E-state index is -0.244. The Kier molecular flexibility index (Phi) is 4.17. The first kappa shape index (κ1) is 16.4. The van der Waals surface area contributed by atoms with Crippen molar-refractivity contribution in [2.75, 3.05) is 25.1 Å². The van der Waals surface area contributed by atoms with Crippen LogP contribution in [0.2, 0.25) is 5.02 Å². The Hall–Kier alpha value is -2.05. The highest BCUT2D eigenvalue weighted by molar-refractivity contribution is 6.33. The zero-order valence-electron chi connectivity index (χ0n) is 14.4. The van der Waals surface area contributed by atoms with E-state index >= 15 is 0 Å². The molecule has 3 aliphatic heterocycles. The third-order valence-electron chi connectivity index (χ3n) is 5.24. The Labute approximate surface area is 151 Å². The van der Waals surface area contributed by atoms with Gasteiger partial charge in [-0.1, -0.05) is 23.7 Å².